The van der Waals surface area contributed by atoms with E-state index in [2.05, 4.69) is 10.6 Å². The van der Waals surface area contributed by atoms with Gasteiger partial charge in [-0.25, -0.2) is 0 Å². The maximum Gasteiger partial charge on any atom is 0.416 e. The molecule has 1 atom stereocenters. The number of benzene rings is 1. The zero-order chi connectivity index (χ0) is 18.0. The monoisotopic (exact) mass is 400 g/mol. The van der Waals surface area contributed by atoms with Gasteiger partial charge in [-0.3, -0.25) is 4.79 Å². The van der Waals surface area contributed by atoms with Crippen molar-refractivity contribution in [1.82, 2.24) is 5.32 Å². The number of rotatable bonds is 4. The molecule has 0 unspecified atom stereocenters. The van der Waals surface area contributed by atoms with Crippen molar-refractivity contribution in [2.45, 2.75) is 16.1 Å². The second-order valence-corrected chi connectivity index (χ2v) is 7.02. The normalized spacial score (nSPS) is 13.4. The van der Waals surface area contributed by atoms with E-state index in [-0.39, 0.29) is 11.4 Å². The van der Waals surface area contributed by atoms with Gasteiger partial charge in [0.05, 0.1) is 11.8 Å². The number of hydrogen-bond donors (Lipinski definition) is 2. The number of hydrogen-bond acceptors (Lipinski definition) is 3. The number of alkyl halides is 6. The van der Waals surface area contributed by atoms with Crippen molar-refractivity contribution >= 4 is 46.4 Å². The number of carbonyl (C=O) groups excluding carboxylic acids is 1. The van der Waals surface area contributed by atoms with Crippen LogP contribution < -0.4 is 10.6 Å². The molecule has 2 rings (SSSR count). The third-order valence-corrected chi connectivity index (χ3v) is 3.50. The quantitative estimate of drug-likeness (QED) is 0.569. The van der Waals surface area contributed by atoms with Gasteiger partial charge in [0.25, 0.3) is 5.91 Å². The van der Waals surface area contributed by atoms with Crippen LogP contribution >= 0.6 is 34.8 Å². The second kappa shape index (κ2) is 7.13. The average Bonchev–Trinajstić information content (AvgIpc) is 2.99. The van der Waals surface area contributed by atoms with Gasteiger partial charge in [0.2, 0.25) is 3.79 Å². The lowest BCUT2D eigenvalue weighted by Crippen LogP contribution is -2.49. The molecule has 0 radical (unpaired) electrons. The summed E-state index contributed by atoms with van der Waals surface area (Å²) in [6.07, 6.45) is -4.55. The molecular formula is C14H10Cl3F3N2O2. The van der Waals surface area contributed by atoms with E-state index < -0.39 is 27.6 Å². The van der Waals surface area contributed by atoms with E-state index in [4.69, 9.17) is 39.2 Å². The summed E-state index contributed by atoms with van der Waals surface area (Å²) < 4.78 is 41.1. The molecule has 1 aromatic carbocycles. The first-order valence-electron chi connectivity index (χ1n) is 6.42. The van der Waals surface area contributed by atoms with Crippen LogP contribution in [0.5, 0.6) is 0 Å². The van der Waals surface area contributed by atoms with Gasteiger partial charge in [0, 0.05) is 5.69 Å². The Balaban J connectivity index is 2.19. The van der Waals surface area contributed by atoms with Gasteiger partial charge in [0.1, 0.15) is 6.17 Å². The van der Waals surface area contributed by atoms with Crippen LogP contribution in [-0.2, 0) is 6.18 Å². The number of furan rings is 1. The lowest BCUT2D eigenvalue weighted by Gasteiger charge is -2.27. The van der Waals surface area contributed by atoms with E-state index in [1.165, 1.54) is 30.5 Å². The lowest BCUT2D eigenvalue weighted by molar-refractivity contribution is -0.137. The molecule has 1 heterocycles. The number of amides is 1. The van der Waals surface area contributed by atoms with Crippen molar-refractivity contribution < 1.29 is 22.4 Å². The molecule has 1 amide bonds. The molecule has 2 N–H and O–H groups in total. The van der Waals surface area contributed by atoms with Gasteiger partial charge in [0.15, 0.2) is 5.76 Å². The molecule has 1 aromatic heterocycles. The SMILES string of the molecule is O=C(N[C@H](Nc1cccc(C(F)(F)F)c1)C(Cl)(Cl)Cl)c1ccco1. The van der Waals surface area contributed by atoms with Crippen molar-refractivity contribution in [2.24, 2.45) is 0 Å². The first kappa shape index (κ1) is 18.8. The van der Waals surface area contributed by atoms with Crippen LogP contribution in [0.1, 0.15) is 16.1 Å². The molecule has 0 aliphatic heterocycles. The topological polar surface area (TPSA) is 54.3 Å². The number of anilines is 1. The molecule has 0 aliphatic carbocycles. The van der Waals surface area contributed by atoms with E-state index in [0.29, 0.717) is 0 Å². The van der Waals surface area contributed by atoms with Gasteiger partial charge >= 0.3 is 6.18 Å². The van der Waals surface area contributed by atoms with E-state index in [1.807, 2.05) is 0 Å². The van der Waals surface area contributed by atoms with Crippen molar-refractivity contribution in [2.75, 3.05) is 5.32 Å². The van der Waals surface area contributed by atoms with Gasteiger partial charge < -0.3 is 15.1 Å². The Kier molecular flexibility index (Phi) is 5.57. The first-order valence-corrected chi connectivity index (χ1v) is 7.55. The van der Waals surface area contributed by atoms with Gasteiger partial charge in [-0.15, -0.1) is 0 Å². The smallest absolute Gasteiger partial charge is 0.416 e. The van der Waals surface area contributed by atoms with Crippen molar-refractivity contribution in [3.05, 3.63) is 54.0 Å². The van der Waals surface area contributed by atoms with Crippen molar-refractivity contribution in [3.63, 3.8) is 0 Å². The highest BCUT2D eigenvalue weighted by Gasteiger charge is 2.35. The van der Waals surface area contributed by atoms with Crippen molar-refractivity contribution in [3.8, 4) is 0 Å². The standard InChI is InChI=1S/C14H10Cl3F3N2O2/c15-13(16,17)12(22-11(23)10-5-2-6-24-10)21-9-4-1-3-8(7-9)14(18,19)20/h1-7,12,21H,(H,22,23)/t12-/m0/s1. The predicted molar refractivity (Wildman–Crippen MR) is 85.3 cm³/mol. The largest absolute Gasteiger partial charge is 0.459 e. The molecule has 130 valence electrons. The maximum absolute atomic E-state index is 12.7. The lowest BCUT2D eigenvalue weighted by atomic mass is 10.2. The van der Waals surface area contributed by atoms with Gasteiger partial charge in [-0.05, 0) is 30.3 Å². The summed E-state index contributed by atoms with van der Waals surface area (Å²) in [4.78, 5) is 12.0. The van der Waals surface area contributed by atoms with E-state index in [1.54, 1.807) is 0 Å². The zero-order valence-corrected chi connectivity index (χ0v) is 14.0. The zero-order valence-electron chi connectivity index (χ0n) is 11.7. The molecule has 0 saturated heterocycles. The van der Waals surface area contributed by atoms with Gasteiger partial charge in [-0.2, -0.15) is 13.2 Å². The summed E-state index contributed by atoms with van der Waals surface area (Å²) in [7, 11) is 0. The highest BCUT2D eigenvalue weighted by atomic mass is 35.6. The molecule has 0 aliphatic rings. The highest BCUT2D eigenvalue weighted by molar-refractivity contribution is 6.68. The summed E-state index contributed by atoms with van der Waals surface area (Å²) in [5.74, 6) is -0.740. The molecular weight excluding hydrogens is 392 g/mol. The molecule has 0 saturated carbocycles. The van der Waals surface area contributed by atoms with E-state index >= 15 is 0 Å². The summed E-state index contributed by atoms with van der Waals surface area (Å²) >= 11 is 17.4. The fraction of sp³-hybridized carbons (Fsp3) is 0.214. The van der Waals surface area contributed by atoms with Crippen LogP contribution in [0.2, 0.25) is 0 Å². The van der Waals surface area contributed by atoms with Crippen LogP contribution in [0, 0.1) is 0 Å². The summed E-state index contributed by atoms with van der Waals surface area (Å²) in [6, 6.07) is 7.14. The summed E-state index contributed by atoms with van der Waals surface area (Å²) in [5, 5.41) is 4.90. The predicted octanol–water partition coefficient (Wildman–Crippen LogP) is 4.84. The number of nitrogens with one attached hydrogen (secondary N) is 2. The number of halogens is 6. The third kappa shape index (κ3) is 4.96. The molecule has 0 fully saturated rings. The summed E-state index contributed by atoms with van der Waals surface area (Å²) in [6.45, 7) is 0. The Morgan fingerprint density at radius 2 is 1.83 bits per heavy atom. The molecule has 0 bridgehead atoms. The fourth-order valence-corrected chi connectivity index (χ4v) is 2.09. The molecule has 24 heavy (non-hydrogen) atoms. The number of carbonyl (C=O) groups is 1. The molecule has 4 nitrogen and oxygen atoms in total. The average molecular weight is 402 g/mol. The van der Waals surface area contributed by atoms with Crippen LogP contribution in [0.25, 0.3) is 0 Å². The second-order valence-electron chi connectivity index (χ2n) is 4.65. The highest BCUT2D eigenvalue weighted by Crippen LogP contribution is 2.34. The van der Waals surface area contributed by atoms with E-state index in [0.717, 1.165) is 12.1 Å². The van der Waals surface area contributed by atoms with Crippen LogP contribution in [0.15, 0.2) is 47.1 Å². The fourth-order valence-electron chi connectivity index (χ4n) is 1.76. The minimum absolute atomic E-state index is 0.0147. The molecule has 2 aromatic rings. The Bertz CT molecular complexity index is 700. The van der Waals surface area contributed by atoms with Crippen LogP contribution in [0.3, 0.4) is 0 Å². The minimum atomic E-state index is -4.52. The molecule has 0 spiro atoms. The Hall–Kier alpha value is -1.57. The Morgan fingerprint density at radius 3 is 2.38 bits per heavy atom. The van der Waals surface area contributed by atoms with Crippen molar-refractivity contribution in [1.29, 1.82) is 0 Å². The van der Waals surface area contributed by atoms with Crippen LogP contribution in [0.4, 0.5) is 18.9 Å². The van der Waals surface area contributed by atoms with Crippen LogP contribution in [-0.4, -0.2) is 15.9 Å². The van der Waals surface area contributed by atoms with E-state index in [9.17, 15) is 18.0 Å². The Morgan fingerprint density at radius 1 is 1.12 bits per heavy atom. The summed E-state index contributed by atoms with van der Waals surface area (Å²) in [5.41, 5.74) is -0.867. The first-order chi connectivity index (χ1) is 11.1. The minimum Gasteiger partial charge on any atom is -0.459 e. The third-order valence-electron chi connectivity index (χ3n) is 2.85. The molecule has 10 heteroatoms. The Labute approximate surface area is 149 Å². The maximum atomic E-state index is 12.7. The van der Waals surface area contributed by atoms with Gasteiger partial charge in [-0.1, -0.05) is 40.9 Å².